The zero-order valence-electron chi connectivity index (χ0n) is 10.6. The van der Waals surface area contributed by atoms with E-state index < -0.39 is 0 Å². The van der Waals surface area contributed by atoms with Crippen LogP contribution in [0.4, 0.5) is 0 Å². The van der Waals surface area contributed by atoms with Gasteiger partial charge in [-0.1, -0.05) is 0 Å². The van der Waals surface area contributed by atoms with Gasteiger partial charge in [0.15, 0.2) is 0 Å². The van der Waals surface area contributed by atoms with Gasteiger partial charge in [0, 0.05) is 32.6 Å². The Kier molecular flexibility index (Phi) is 4.28. The Morgan fingerprint density at radius 3 is 2.89 bits per heavy atom. The van der Waals surface area contributed by atoms with Gasteiger partial charge in [0.05, 0.1) is 12.1 Å². The van der Waals surface area contributed by atoms with Gasteiger partial charge in [-0.25, -0.2) is 0 Å². The zero-order chi connectivity index (χ0) is 13.0. The molecule has 98 valence electrons. The molecule has 2 heterocycles. The van der Waals surface area contributed by atoms with Crippen molar-refractivity contribution in [2.45, 2.75) is 25.0 Å². The summed E-state index contributed by atoms with van der Waals surface area (Å²) in [7, 11) is 1.68. The Labute approximate surface area is 107 Å². The highest BCUT2D eigenvalue weighted by Gasteiger charge is 2.35. The predicted octanol–water partition coefficient (Wildman–Crippen LogP) is 0.199. The molecule has 1 aromatic rings. The lowest BCUT2D eigenvalue weighted by Crippen LogP contribution is -2.41. The summed E-state index contributed by atoms with van der Waals surface area (Å²) in [6.07, 6.45) is 5.26. The van der Waals surface area contributed by atoms with Gasteiger partial charge in [0.25, 0.3) is 0 Å². The lowest BCUT2D eigenvalue weighted by molar-refractivity contribution is -0.122. The molecule has 5 nitrogen and oxygen atoms in total. The van der Waals surface area contributed by atoms with Crippen molar-refractivity contribution in [2.75, 3.05) is 20.2 Å². The van der Waals surface area contributed by atoms with Gasteiger partial charge < -0.3 is 10.5 Å². The fourth-order valence-electron chi connectivity index (χ4n) is 2.40. The van der Waals surface area contributed by atoms with E-state index in [0.717, 1.165) is 19.5 Å². The van der Waals surface area contributed by atoms with Crippen LogP contribution in [0.3, 0.4) is 0 Å². The number of hydrogen-bond acceptors (Lipinski definition) is 4. The number of likely N-dealkylation sites (tertiary alicyclic amines) is 1. The quantitative estimate of drug-likeness (QED) is 0.809. The Morgan fingerprint density at radius 1 is 1.56 bits per heavy atom. The Morgan fingerprint density at radius 2 is 2.28 bits per heavy atom. The molecule has 1 fully saturated rings. The van der Waals surface area contributed by atoms with Crippen LogP contribution in [0, 0.1) is 0 Å². The van der Waals surface area contributed by atoms with Crippen molar-refractivity contribution in [1.29, 1.82) is 0 Å². The minimum Gasteiger partial charge on any atom is -0.380 e. The van der Waals surface area contributed by atoms with Crippen LogP contribution in [-0.4, -0.2) is 48.1 Å². The number of carbonyl (C=O) groups is 1. The van der Waals surface area contributed by atoms with E-state index >= 15 is 0 Å². The van der Waals surface area contributed by atoms with E-state index in [-0.39, 0.29) is 18.1 Å². The van der Waals surface area contributed by atoms with Crippen molar-refractivity contribution < 1.29 is 9.53 Å². The SMILES string of the molecule is CO[C@H]1C[C@@H](C(N)=O)N(CCc2ccncc2)C1. The summed E-state index contributed by atoms with van der Waals surface area (Å²) < 4.78 is 5.31. The number of primary amides is 1. The zero-order valence-corrected chi connectivity index (χ0v) is 10.6. The maximum atomic E-state index is 11.4. The summed E-state index contributed by atoms with van der Waals surface area (Å²) in [4.78, 5) is 17.5. The summed E-state index contributed by atoms with van der Waals surface area (Å²) in [5, 5.41) is 0. The maximum absolute atomic E-state index is 11.4. The first-order valence-electron chi connectivity index (χ1n) is 6.15. The van der Waals surface area contributed by atoms with Crippen molar-refractivity contribution in [3.05, 3.63) is 30.1 Å². The Bertz CT molecular complexity index is 396. The number of aromatic nitrogens is 1. The van der Waals surface area contributed by atoms with E-state index in [2.05, 4.69) is 9.88 Å². The van der Waals surface area contributed by atoms with Gasteiger partial charge in [0.2, 0.25) is 5.91 Å². The highest BCUT2D eigenvalue weighted by Crippen LogP contribution is 2.20. The second kappa shape index (κ2) is 5.93. The predicted molar refractivity (Wildman–Crippen MR) is 67.9 cm³/mol. The van der Waals surface area contributed by atoms with Crippen LogP contribution in [0.5, 0.6) is 0 Å². The van der Waals surface area contributed by atoms with Gasteiger partial charge in [-0.3, -0.25) is 14.7 Å². The third-order valence-corrected chi connectivity index (χ3v) is 3.46. The van der Waals surface area contributed by atoms with Crippen LogP contribution in [-0.2, 0) is 16.0 Å². The second-order valence-corrected chi connectivity index (χ2v) is 4.61. The van der Waals surface area contributed by atoms with Crippen molar-refractivity contribution in [3.63, 3.8) is 0 Å². The third kappa shape index (κ3) is 3.05. The molecule has 1 aromatic heterocycles. The maximum Gasteiger partial charge on any atom is 0.234 e. The molecule has 0 unspecified atom stereocenters. The average Bonchev–Trinajstić information content (AvgIpc) is 2.81. The summed E-state index contributed by atoms with van der Waals surface area (Å²) in [5.74, 6) is -0.260. The van der Waals surface area contributed by atoms with Crippen LogP contribution in [0.25, 0.3) is 0 Å². The lowest BCUT2D eigenvalue weighted by atomic mass is 10.1. The number of carbonyl (C=O) groups excluding carboxylic acids is 1. The van der Waals surface area contributed by atoms with E-state index in [1.54, 1.807) is 19.5 Å². The molecule has 0 aliphatic carbocycles. The van der Waals surface area contributed by atoms with Crippen LogP contribution >= 0.6 is 0 Å². The van der Waals surface area contributed by atoms with Crippen molar-refractivity contribution in [1.82, 2.24) is 9.88 Å². The molecule has 0 aromatic carbocycles. The lowest BCUT2D eigenvalue weighted by Gasteiger charge is -2.21. The summed E-state index contributed by atoms with van der Waals surface area (Å²) in [6.45, 7) is 1.59. The Hall–Kier alpha value is -1.46. The molecule has 2 rings (SSSR count). The summed E-state index contributed by atoms with van der Waals surface area (Å²) in [5.41, 5.74) is 6.64. The van der Waals surface area contributed by atoms with Gasteiger partial charge in [0.1, 0.15) is 0 Å². The molecule has 1 aliphatic heterocycles. The molecule has 1 aliphatic rings. The van der Waals surface area contributed by atoms with E-state index in [9.17, 15) is 4.79 Å². The van der Waals surface area contributed by atoms with Crippen LogP contribution < -0.4 is 5.73 Å². The fraction of sp³-hybridized carbons (Fsp3) is 0.538. The largest absolute Gasteiger partial charge is 0.380 e. The van der Waals surface area contributed by atoms with E-state index in [0.29, 0.717) is 6.42 Å². The number of nitrogens with two attached hydrogens (primary N) is 1. The number of nitrogens with zero attached hydrogens (tertiary/aromatic N) is 2. The summed E-state index contributed by atoms with van der Waals surface area (Å²) in [6, 6.07) is 3.78. The van der Waals surface area contributed by atoms with Crippen LogP contribution in [0.15, 0.2) is 24.5 Å². The van der Waals surface area contributed by atoms with Crippen molar-refractivity contribution in [3.8, 4) is 0 Å². The summed E-state index contributed by atoms with van der Waals surface area (Å²) >= 11 is 0. The van der Waals surface area contributed by atoms with Crippen LogP contribution in [0.2, 0.25) is 0 Å². The number of hydrogen-bond donors (Lipinski definition) is 1. The topological polar surface area (TPSA) is 68.5 Å². The number of rotatable bonds is 5. The fourth-order valence-corrected chi connectivity index (χ4v) is 2.40. The first-order chi connectivity index (χ1) is 8.70. The second-order valence-electron chi connectivity index (χ2n) is 4.61. The van der Waals surface area contributed by atoms with Crippen molar-refractivity contribution >= 4 is 5.91 Å². The van der Waals surface area contributed by atoms with Gasteiger partial charge in [-0.05, 0) is 30.5 Å². The van der Waals surface area contributed by atoms with Crippen LogP contribution in [0.1, 0.15) is 12.0 Å². The number of amides is 1. The number of pyridine rings is 1. The molecule has 2 atom stereocenters. The standard InChI is InChI=1S/C13H19N3O2/c1-18-11-8-12(13(14)17)16(9-11)7-4-10-2-5-15-6-3-10/h2-3,5-6,11-12H,4,7-9H2,1H3,(H2,14,17)/t11-,12-/m0/s1. The minimum absolute atomic E-state index is 0.111. The third-order valence-electron chi connectivity index (χ3n) is 3.46. The normalized spacial score (nSPS) is 24.3. The van der Waals surface area contributed by atoms with E-state index in [4.69, 9.17) is 10.5 Å². The highest BCUT2D eigenvalue weighted by atomic mass is 16.5. The number of ether oxygens (including phenoxy) is 1. The molecule has 18 heavy (non-hydrogen) atoms. The highest BCUT2D eigenvalue weighted by molar-refractivity contribution is 5.80. The molecule has 5 heteroatoms. The van der Waals surface area contributed by atoms with Gasteiger partial charge in [-0.2, -0.15) is 0 Å². The Balaban J connectivity index is 1.93. The minimum atomic E-state index is -0.260. The average molecular weight is 249 g/mol. The van der Waals surface area contributed by atoms with Gasteiger partial charge in [-0.15, -0.1) is 0 Å². The molecule has 0 spiro atoms. The first-order valence-corrected chi connectivity index (χ1v) is 6.15. The van der Waals surface area contributed by atoms with E-state index in [1.807, 2.05) is 12.1 Å². The monoisotopic (exact) mass is 249 g/mol. The first kappa shape index (κ1) is 13.0. The molecular formula is C13H19N3O2. The number of methoxy groups -OCH3 is 1. The van der Waals surface area contributed by atoms with Gasteiger partial charge >= 0.3 is 0 Å². The molecule has 2 N–H and O–H groups in total. The molecular weight excluding hydrogens is 230 g/mol. The smallest absolute Gasteiger partial charge is 0.234 e. The molecule has 1 amide bonds. The van der Waals surface area contributed by atoms with E-state index in [1.165, 1.54) is 5.56 Å². The molecule has 0 saturated carbocycles. The molecule has 1 saturated heterocycles. The van der Waals surface area contributed by atoms with Crippen molar-refractivity contribution in [2.24, 2.45) is 5.73 Å². The molecule has 0 bridgehead atoms. The molecule has 0 radical (unpaired) electrons.